The van der Waals surface area contributed by atoms with E-state index < -0.39 is 0 Å². The van der Waals surface area contributed by atoms with Gasteiger partial charge < -0.3 is 10.1 Å². The normalized spacial score (nSPS) is 19.1. The van der Waals surface area contributed by atoms with E-state index in [2.05, 4.69) is 36.5 Å². The molecule has 3 heteroatoms. The number of ether oxygens (including phenoxy) is 1. The van der Waals surface area contributed by atoms with E-state index >= 15 is 0 Å². The number of benzene rings is 1. The predicted octanol–water partition coefficient (Wildman–Crippen LogP) is 3.44. The quantitative estimate of drug-likeness (QED) is 0.884. The number of aryl methyl sites for hydroxylation is 1. The van der Waals surface area contributed by atoms with Gasteiger partial charge >= 0.3 is 0 Å². The molecule has 1 atom stereocenters. The Bertz CT molecular complexity index is 337. The second kappa shape index (κ2) is 8.39. The van der Waals surface area contributed by atoms with Crippen molar-refractivity contribution in [1.29, 1.82) is 0 Å². The molecule has 0 saturated carbocycles. The van der Waals surface area contributed by atoms with Gasteiger partial charge in [0, 0.05) is 0 Å². The fourth-order valence-electron chi connectivity index (χ4n) is 2.37. The highest BCUT2D eigenvalue weighted by Gasteiger charge is 2.12. The molecule has 1 N–H and O–H groups in total. The van der Waals surface area contributed by atoms with Gasteiger partial charge in [0.2, 0.25) is 0 Å². The summed E-state index contributed by atoms with van der Waals surface area (Å²) in [4.78, 5) is 0. The maximum atomic E-state index is 5.82. The smallest absolute Gasteiger partial charge is 0.119 e. The molecule has 0 amide bonds. The first kappa shape index (κ1) is 15.3. The van der Waals surface area contributed by atoms with E-state index in [1.165, 1.54) is 37.9 Å². The van der Waals surface area contributed by atoms with E-state index in [-0.39, 0.29) is 12.4 Å². The highest BCUT2D eigenvalue weighted by Crippen LogP contribution is 2.17. The lowest BCUT2D eigenvalue weighted by Crippen LogP contribution is -2.30. The molecule has 18 heavy (non-hydrogen) atoms. The van der Waals surface area contributed by atoms with Gasteiger partial charge in [0.25, 0.3) is 0 Å². The zero-order valence-electron chi connectivity index (χ0n) is 11.2. The summed E-state index contributed by atoms with van der Waals surface area (Å²) in [6.45, 7) is 5.38. The van der Waals surface area contributed by atoms with Crippen LogP contribution in [0.1, 0.15) is 31.7 Å². The Balaban J connectivity index is 0.00000162. The molecule has 1 unspecified atom stereocenters. The van der Waals surface area contributed by atoms with Crippen molar-refractivity contribution in [2.75, 3.05) is 19.7 Å². The van der Waals surface area contributed by atoms with Crippen LogP contribution in [-0.4, -0.2) is 19.7 Å². The molecule has 0 radical (unpaired) electrons. The van der Waals surface area contributed by atoms with Crippen LogP contribution in [0.25, 0.3) is 0 Å². The van der Waals surface area contributed by atoms with E-state index in [1.54, 1.807) is 0 Å². The summed E-state index contributed by atoms with van der Waals surface area (Å²) in [5, 5.41) is 3.45. The van der Waals surface area contributed by atoms with Crippen LogP contribution in [0.15, 0.2) is 24.3 Å². The molecule has 2 nitrogen and oxygen atoms in total. The number of halogens is 1. The average Bonchev–Trinajstić information content (AvgIpc) is 2.40. The fraction of sp³-hybridized carbons (Fsp3) is 0.600. The molecule has 1 fully saturated rings. The lowest BCUT2D eigenvalue weighted by molar-refractivity contribution is 0.254. The van der Waals surface area contributed by atoms with Gasteiger partial charge in [-0.3, -0.25) is 0 Å². The number of hydrogen-bond donors (Lipinski definition) is 1. The van der Waals surface area contributed by atoms with Gasteiger partial charge in [0.15, 0.2) is 0 Å². The first-order valence-corrected chi connectivity index (χ1v) is 6.81. The van der Waals surface area contributed by atoms with E-state index in [0.29, 0.717) is 0 Å². The number of hydrogen-bond acceptors (Lipinski definition) is 2. The summed E-state index contributed by atoms with van der Waals surface area (Å²) in [5.41, 5.74) is 1.35. The van der Waals surface area contributed by atoms with Crippen molar-refractivity contribution < 1.29 is 4.74 Å². The van der Waals surface area contributed by atoms with Gasteiger partial charge in [-0.2, -0.15) is 0 Å². The van der Waals surface area contributed by atoms with Crippen molar-refractivity contribution in [3.8, 4) is 5.75 Å². The van der Waals surface area contributed by atoms with Crippen LogP contribution in [0.2, 0.25) is 0 Å². The maximum Gasteiger partial charge on any atom is 0.119 e. The number of nitrogens with one attached hydrogen (secondary N) is 1. The molecule has 0 aromatic heterocycles. The van der Waals surface area contributed by atoms with Crippen LogP contribution in [0.3, 0.4) is 0 Å². The second-order valence-corrected chi connectivity index (χ2v) is 4.85. The Morgan fingerprint density at radius 3 is 3.00 bits per heavy atom. The topological polar surface area (TPSA) is 21.3 Å². The van der Waals surface area contributed by atoms with Crippen LogP contribution >= 0.6 is 12.4 Å². The second-order valence-electron chi connectivity index (χ2n) is 4.85. The molecule has 1 aliphatic heterocycles. The van der Waals surface area contributed by atoms with E-state index in [4.69, 9.17) is 4.74 Å². The van der Waals surface area contributed by atoms with Gasteiger partial charge in [-0.25, -0.2) is 0 Å². The van der Waals surface area contributed by atoms with Gasteiger partial charge in [-0.1, -0.05) is 19.1 Å². The van der Waals surface area contributed by atoms with Gasteiger partial charge in [0.05, 0.1) is 6.61 Å². The van der Waals surface area contributed by atoms with Crippen LogP contribution in [-0.2, 0) is 6.42 Å². The molecule has 102 valence electrons. The molecule has 1 aromatic carbocycles. The Hall–Kier alpha value is -0.730. The highest BCUT2D eigenvalue weighted by atomic mass is 35.5. The summed E-state index contributed by atoms with van der Waals surface area (Å²) in [5.74, 6) is 1.83. The summed E-state index contributed by atoms with van der Waals surface area (Å²) in [6.07, 6.45) is 4.91. The fourth-order valence-corrected chi connectivity index (χ4v) is 2.37. The average molecular weight is 270 g/mol. The summed E-state index contributed by atoms with van der Waals surface area (Å²) < 4.78 is 5.82. The minimum absolute atomic E-state index is 0. The summed E-state index contributed by atoms with van der Waals surface area (Å²) in [6, 6.07) is 8.44. The SMILES string of the molecule is CCc1cccc(OCCC2CCCNC2)c1.Cl. The first-order valence-electron chi connectivity index (χ1n) is 6.81. The maximum absolute atomic E-state index is 5.82. The summed E-state index contributed by atoms with van der Waals surface area (Å²) >= 11 is 0. The molecule has 1 saturated heterocycles. The molecule has 0 bridgehead atoms. The van der Waals surface area contributed by atoms with Crippen molar-refractivity contribution >= 4 is 12.4 Å². The van der Waals surface area contributed by atoms with Crippen molar-refractivity contribution in [3.63, 3.8) is 0 Å². The Labute approximate surface area is 117 Å². The zero-order valence-corrected chi connectivity index (χ0v) is 12.0. The molecule has 1 heterocycles. The van der Waals surface area contributed by atoms with Crippen LogP contribution in [0, 0.1) is 5.92 Å². The zero-order chi connectivity index (χ0) is 11.9. The standard InChI is InChI=1S/C15H23NO.ClH/c1-2-13-5-3-7-15(11-13)17-10-8-14-6-4-9-16-12-14;/h3,5,7,11,14,16H,2,4,6,8-10,12H2,1H3;1H. The molecular formula is C15H24ClNO. The van der Waals surface area contributed by atoms with E-state index in [9.17, 15) is 0 Å². The third-order valence-corrected chi connectivity index (χ3v) is 3.50. The van der Waals surface area contributed by atoms with Crippen molar-refractivity contribution in [1.82, 2.24) is 5.32 Å². The van der Waals surface area contributed by atoms with Gasteiger partial charge in [0.1, 0.15) is 5.75 Å². The van der Waals surface area contributed by atoms with E-state index in [1.807, 2.05) is 0 Å². The summed E-state index contributed by atoms with van der Waals surface area (Å²) in [7, 11) is 0. The third kappa shape index (κ3) is 4.87. The van der Waals surface area contributed by atoms with Crippen LogP contribution in [0.5, 0.6) is 5.75 Å². The predicted molar refractivity (Wildman–Crippen MR) is 78.8 cm³/mol. The molecule has 1 aromatic rings. The third-order valence-electron chi connectivity index (χ3n) is 3.50. The largest absolute Gasteiger partial charge is 0.494 e. The molecule has 0 aliphatic carbocycles. The molecular weight excluding hydrogens is 246 g/mol. The first-order chi connectivity index (χ1) is 8.38. The Kier molecular flexibility index (Phi) is 7.14. The number of rotatable bonds is 5. The van der Waals surface area contributed by atoms with Gasteiger partial charge in [-0.15, -0.1) is 12.4 Å². The van der Waals surface area contributed by atoms with E-state index in [0.717, 1.165) is 24.7 Å². The lowest BCUT2D eigenvalue weighted by Gasteiger charge is -2.22. The molecule has 1 aliphatic rings. The monoisotopic (exact) mass is 269 g/mol. The van der Waals surface area contributed by atoms with Crippen LogP contribution in [0.4, 0.5) is 0 Å². The Morgan fingerprint density at radius 1 is 1.39 bits per heavy atom. The highest BCUT2D eigenvalue weighted by molar-refractivity contribution is 5.85. The minimum Gasteiger partial charge on any atom is -0.494 e. The van der Waals surface area contributed by atoms with Crippen molar-refractivity contribution in [2.45, 2.75) is 32.6 Å². The number of piperidine rings is 1. The van der Waals surface area contributed by atoms with Crippen molar-refractivity contribution in [3.05, 3.63) is 29.8 Å². The van der Waals surface area contributed by atoms with Crippen molar-refractivity contribution in [2.24, 2.45) is 5.92 Å². The Morgan fingerprint density at radius 2 is 2.28 bits per heavy atom. The minimum atomic E-state index is 0. The molecule has 2 rings (SSSR count). The lowest BCUT2D eigenvalue weighted by atomic mass is 9.97. The van der Waals surface area contributed by atoms with Crippen LogP contribution < -0.4 is 10.1 Å². The molecule has 0 spiro atoms. The van der Waals surface area contributed by atoms with Gasteiger partial charge in [-0.05, 0) is 62.4 Å².